The number of nitrogens with two attached hydrogens (primary N) is 1. The number of hydrogen-bond donors (Lipinski definition) is 1. The van der Waals surface area contributed by atoms with Gasteiger partial charge in [0.05, 0.1) is 11.2 Å². The lowest BCUT2D eigenvalue weighted by Gasteiger charge is -2.14. The Morgan fingerprint density at radius 2 is 2.12 bits per heavy atom. The van der Waals surface area contributed by atoms with Crippen molar-refractivity contribution in [1.29, 1.82) is 0 Å². The molecule has 0 saturated heterocycles. The normalized spacial score (nSPS) is 17.9. The smallest absolute Gasteiger partial charge is 0.0926 e. The minimum absolute atomic E-state index is 0.319. The highest BCUT2D eigenvalue weighted by molar-refractivity contribution is 5.83. The first-order valence-corrected chi connectivity index (χ1v) is 5.89. The van der Waals surface area contributed by atoms with Gasteiger partial charge in [0.15, 0.2) is 0 Å². The molecule has 16 heavy (non-hydrogen) atoms. The molecule has 3 heteroatoms. The lowest BCUT2D eigenvalue weighted by Crippen LogP contribution is -2.17. The fraction of sp³-hybridized carbons (Fsp3) is 0.462. The second-order valence-electron chi connectivity index (χ2n) is 4.81. The van der Waals surface area contributed by atoms with Crippen molar-refractivity contribution in [2.75, 3.05) is 6.54 Å². The van der Waals surface area contributed by atoms with Gasteiger partial charge in [-0.25, -0.2) is 0 Å². The summed E-state index contributed by atoms with van der Waals surface area (Å²) < 4.78 is 2.05. The van der Waals surface area contributed by atoms with Crippen molar-refractivity contribution in [3.8, 4) is 0 Å². The third-order valence-corrected chi connectivity index (χ3v) is 3.72. The van der Waals surface area contributed by atoms with Crippen molar-refractivity contribution >= 4 is 10.9 Å². The predicted octanol–water partition coefficient (Wildman–Crippen LogP) is 1.95. The van der Waals surface area contributed by atoms with Gasteiger partial charge in [-0.2, -0.15) is 5.10 Å². The first-order valence-electron chi connectivity index (χ1n) is 5.89. The van der Waals surface area contributed by atoms with Gasteiger partial charge in [0, 0.05) is 17.8 Å². The van der Waals surface area contributed by atoms with Crippen molar-refractivity contribution < 1.29 is 0 Å². The average molecular weight is 215 g/mol. The lowest BCUT2D eigenvalue weighted by molar-refractivity contribution is 0.566. The van der Waals surface area contributed by atoms with E-state index >= 15 is 0 Å². The summed E-state index contributed by atoms with van der Waals surface area (Å²) in [6.45, 7) is 0.763. The van der Waals surface area contributed by atoms with Crippen LogP contribution in [0.15, 0.2) is 24.3 Å². The number of fused-ring (bicyclic) bond motifs is 1. The Morgan fingerprint density at radius 3 is 2.81 bits per heavy atom. The highest BCUT2D eigenvalue weighted by Crippen LogP contribution is 2.52. The van der Waals surface area contributed by atoms with Crippen molar-refractivity contribution in [2.45, 2.75) is 24.7 Å². The van der Waals surface area contributed by atoms with Crippen molar-refractivity contribution in [2.24, 2.45) is 12.8 Å². The van der Waals surface area contributed by atoms with Gasteiger partial charge in [0.25, 0.3) is 0 Å². The molecule has 1 aromatic heterocycles. The molecule has 1 aromatic carbocycles. The second kappa shape index (κ2) is 3.32. The molecule has 0 spiro atoms. The molecule has 0 radical (unpaired) electrons. The number of nitrogens with zero attached hydrogens (tertiary/aromatic N) is 2. The molecule has 1 aliphatic rings. The number of rotatable bonds is 3. The van der Waals surface area contributed by atoms with Gasteiger partial charge in [-0.05, 0) is 31.9 Å². The van der Waals surface area contributed by atoms with Gasteiger partial charge in [-0.15, -0.1) is 0 Å². The Hall–Kier alpha value is -1.35. The third kappa shape index (κ3) is 1.28. The number of benzene rings is 1. The Labute approximate surface area is 95.2 Å². The highest BCUT2D eigenvalue weighted by Gasteiger charge is 2.46. The monoisotopic (exact) mass is 215 g/mol. The van der Waals surface area contributed by atoms with E-state index in [1.807, 2.05) is 17.8 Å². The van der Waals surface area contributed by atoms with Crippen LogP contribution in [-0.2, 0) is 12.5 Å². The molecule has 0 unspecified atom stereocenters. The van der Waals surface area contributed by atoms with Crippen LogP contribution in [0.1, 0.15) is 25.0 Å². The summed E-state index contributed by atoms with van der Waals surface area (Å²) in [6, 6.07) is 8.39. The molecule has 0 amide bonds. The van der Waals surface area contributed by atoms with Crippen molar-refractivity contribution in [3.63, 3.8) is 0 Å². The van der Waals surface area contributed by atoms with Gasteiger partial charge in [-0.1, -0.05) is 18.2 Å². The van der Waals surface area contributed by atoms with E-state index < -0.39 is 0 Å². The van der Waals surface area contributed by atoms with E-state index in [0.717, 1.165) is 18.5 Å². The minimum Gasteiger partial charge on any atom is -0.330 e. The first-order chi connectivity index (χ1) is 7.77. The zero-order chi connectivity index (χ0) is 11.2. The predicted molar refractivity (Wildman–Crippen MR) is 65.3 cm³/mol. The zero-order valence-corrected chi connectivity index (χ0v) is 9.61. The summed E-state index contributed by atoms with van der Waals surface area (Å²) in [5, 5.41) is 5.88. The quantitative estimate of drug-likeness (QED) is 0.850. The topological polar surface area (TPSA) is 43.8 Å². The molecular weight excluding hydrogens is 198 g/mol. The molecule has 0 atom stereocenters. The van der Waals surface area contributed by atoms with Gasteiger partial charge < -0.3 is 5.73 Å². The molecule has 84 valence electrons. The van der Waals surface area contributed by atoms with Crippen molar-refractivity contribution in [1.82, 2.24) is 9.78 Å². The summed E-state index contributed by atoms with van der Waals surface area (Å²) in [4.78, 5) is 0. The summed E-state index contributed by atoms with van der Waals surface area (Å²) >= 11 is 0. The summed E-state index contributed by atoms with van der Waals surface area (Å²) in [7, 11) is 2.05. The molecule has 1 aliphatic carbocycles. The summed E-state index contributed by atoms with van der Waals surface area (Å²) in [5.74, 6) is 0. The fourth-order valence-electron chi connectivity index (χ4n) is 2.81. The number of aryl methyl sites for hydroxylation is 1. The largest absolute Gasteiger partial charge is 0.330 e. The highest BCUT2D eigenvalue weighted by atomic mass is 15.3. The van der Waals surface area contributed by atoms with Crippen LogP contribution in [-0.4, -0.2) is 16.3 Å². The van der Waals surface area contributed by atoms with E-state index in [1.165, 1.54) is 23.9 Å². The molecular formula is C13H17N3. The molecule has 3 rings (SSSR count). The molecule has 0 bridgehead atoms. The maximum Gasteiger partial charge on any atom is 0.0926 e. The van der Waals surface area contributed by atoms with E-state index in [4.69, 9.17) is 5.73 Å². The Bertz CT molecular complexity index is 523. The van der Waals surface area contributed by atoms with Crippen LogP contribution >= 0.6 is 0 Å². The van der Waals surface area contributed by atoms with Crippen LogP contribution in [0.3, 0.4) is 0 Å². The van der Waals surface area contributed by atoms with Gasteiger partial charge >= 0.3 is 0 Å². The number of hydrogen-bond acceptors (Lipinski definition) is 2. The van der Waals surface area contributed by atoms with Gasteiger partial charge in [-0.3, -0.25) is 4.68 Å². The van der Waals surface area contributed by atoms with E-state index in [9.17, 15) is 0 Å². The lowest BCUT2D eigenvalue weighted by atomic mass is 9.95. The van der Waals surface area contributed by atoms with E-state index in [0.29, 0.717) is 5.41 Å². The molecule has 2 N–H and O–H groups in total. The molecule has 1 heterocycles. The van der Waals surface area contributed by atoms with Crippen LogP contribution in [0, 0.1) is 0 Å². The average Bonchev–Trinajstić information content (AvgIpc) is 2.94. The minimum atomic E-state index is 0.319. The molecule has 3 nitrogen and oxygen atoms in total. The Kier molecular flexibility index (Phi) is 2.04. The van der Waals surface area contributed by atoms with E-state index in [2.05, 4.69) is 23.3 Å². The van der Waals surface area contributed by atoms with Crippen LogP contribution in [0.25, 0.3) is 10.9 Å². The molecule has 0 aliphatic heterocycles. The number of aromatic nitrogens is 2. The third-order valence-electron chi connectivity index (χ3n) is 3.72. The van der Waals surface area contributed by atoms with Crippen LogP contribution in [0.5, 0.6) is 0 Å². The first kappa shape index (κ1) is 9.85. The van der Waals surface area contributed by atoms with Gasteiger partial charge in [0.2, 0.25) is 0 Å². The van der Waals surface area contributed by atoms with E-state index in [-0.39, 0.29) is 0 Å². The Balaban J connectivity index is 2.19. The zero-order valence-electron chi connectivity index (χ0n) is 9.61. The summed E-state index contributed by atoms with van der Waals surface area (Å²) in [6.07, 6.45) is 3.60. The maximum absolute atomic E-state index is 5.73. The standard InChI is InChI=1S/C13H17N3/c1-16-12(13(6-7-13)8-9-14)10-4-2-3-5-11(10)15-16/h2-5H,6-9,14H2,1H3. The van der Waals surface area contributed by atoms with Crippen LogP contribution < -0.4 is 5.73 Å². The molecule has 2 aromatic rings. The molecule has 1 saturated carbocycles. The van der Waals surface area contributed by atoms with E-state index in [1.54, 1.807) is 0 Å². The van der Waals surface area contributed by atoms with Crippen molar-refractivity contribution in [3.05, 3.63) is 30.0 Å². The Morgan fingerprint density at radius 1 is 1.38 bits per heavy atom. The molecule has 1 fully saturated rings. The summed E-state index contributed by atoms with van der Waals surface area (Å²) in [5.41, 5.74) is 8.53. The SMILES string of the molecule is Cn1nc2ccccc2c1C1(CCN)CC1. The van der Waals surface area contributed by atoms with Gasteiger partial charge in [0.1, 0.15) is 0 Å². The van der Waals surface area contributed by atoms with Crippen LogP contribution in [0.2, 0.25) is 0 Å². The second-order valence-corrected chi connectivity index (χ2v) is 4.81. The fourth-order valence-corrected chi connectivity index (χ4v) is 2.81. The van der Waals surface area contributed by atoms with Crippen LogP contribution in [0.4, 0.5) is 0 Å². The maximum atomic E-state index is 5.73.